The summed E-state index contributed by atoms with van der Waals surface area (Å²) < 4.78 is 5.87. The van der Waals surface area contributed by atoms with Crippen molar-refractivity contribution >= 4 is 44.9 Å². The molecule has 1 aromatic heterocycles. The summed E-state index contributed by atoms with van der Waals surface area (Å²) in [7, 11) is 0. The van der Waals surface area contributed by atoms with E-state index in [0.29, 0.717) is 45.0 Å². The molecule has 1 N–H and O–H groups in total. The van der Waals surface area contributed by atoms with Gasteiger partial charge < -0.3 is 9.62 Å². The summed E-state index contributed by atoms with van der Waals surface area (Å²) in [6, 6.07) is 15.4. The Morgan fingerprint density at radius 3 is 2.09 bits per heavy atom. The van der Waals surface area contributed by atoms with Gasteiger partial charge in [-0.05, 0) is 61.4 Å². The van der Waals surface area contributed by atoms with Crippen LogP contribution in [0.2, 0.25) is 0 Å². The molecule has 0 amide bonds. The maximum absolute atomic E-state index is 13.0. The maximum Gasteiger partial charge on any atom is 0.269 e. The van der Waals surface area contributed by atoms with Crippen molar-refractivity contribution in [3.8, 4) is 0 Å². The molecule has 178 valence electrons. The van der Waals surface area contributed by atoms with E-state index >= 15 is 0 Å². The standard InChI is InChI=1S/C27H24N2O6/c1-2-3-4-5-6-23(28-32)27(31)19-10-14-25-22(16-19)21-15-18(9-13-24(21)35-25)26(30)17-7-11-20(12-8-17)29(33)34/h7-16,32H,2-6H2,1H3. The number of rotatable bonds is 10. The third-order valence-electron chi connectivity index (χ3n) is 5.98. The van der Waals surface area contributed by atoms with Gasteiger partial charge in [0.05, 0.1) is 4.92 Å². The van der Waals surface area contributed by atoms with Gasteiger partial charge in [-0.3, -0.25) is 19.7 Å². The first-order chi connectivity index (χ1) is 16.9. The second kappa shape index (κ2) is 10.3. The fourth-order valence-corrected chi connectivity index (χ4v) is 4.06. The van der Waals surface area contributed by atoms with Crippen LogP contribution in [0.1, 0.15) is 65.3 Å². The number of benzene rings is 3. The van der Waals surface area contributed by atoms with Crippen molar-refractivity contribution < 1.29 is 24.1 Å². The Labute approximate surface area is 201 Å². The highest BCUT2D eigenvalue weighted by Crippen LogP contribution is 2.31. The minimum Gasteiger partial charge on any atom is -0.456 e. The van der Waals surface area contributed by atoms with E-state index in [1.54, 1.807) is 36.4 Å². The Hall–Kier alpha value is -4.33. The number of oxime groups is 1. The van der Waals surface area contributed by atoms with Crippen LogP contribution in [0.4, 0.5) is 5.69 Å². The molecular formula is C27H24N2O6. The van der Waals surface area contributed by atoms with E-state index in [2.05, 4.69) is 12.1 Å². The van der Waals surface area contributed by atoms with Crippen molar-refractivity contribution in [2.75, 3.05) is 0 Å². The quantitative estimate of drug-likeness (QED) is 0.0683. The number of unbranched alkanes of at least 4 members (excludes halogenated alkanes) is 3. The van der Waals surface area contributed by atoms with Crippen molar-refractivity contribution in [2.45, 2.75) is 39.0 Å². The molecule has 0 aliphatic heterocycles. The average Bonchev–Trinajstić information content (AvgIpc) is 3.25. The third-order valence-corrected chi connectivity index (χ3v) is 5.98. The van der Waals surface area contributed by atoms with Crippen LogP contribution >= 0.6 is 0 Å². The van der Waals surface area contributed by atoms with Gasteiger partial charge in [-0.15, -0.1) is 0 Å². The molecule has 0 radical (unpaired) electrons. The van der Waals surface area contributed by atoms with Gasteiger partial charge in [0.1, 0.15) is 16.9 Å². The summed E-state index contributed by atoms with van der Waals surface area (Å²) in [6.07, 6.45) is 4.25. The second-order valence-electron chi connectivity index (χ2n) is 8.34. The Morgan fingerprint density at radius 2 is 1.49 bits per heavy atom. The van der Waals surface area contributed by atoms with Crippen molar-refractivity contribution in [3.05, 3.63) is 87.5 Å². The number of nitro groups is 1. The van der Waals surface area contributed by atoms with E-state index in [1.165, 1.54) is 24.3 Å². The van der Waals surface area contributed by atoms with Crippen LogP contribution < -0.4 is 0 Å². The number of carbonyl (C=O) groups excluding carboxylic acids is 2. The average molecular weight is 472 g/mol. The van der Waals surface area contributed by atoms with Crippen LogP contribution in [-0.2, 0) is 0 Å². The number of nitro benzene ring substituents is 1. The molecule has 3 aromatic carbocycles. The van der Waals surface area contributed by atoms with E-state index in [-0.39, 0.29) is 23.0 Å². The van der Waals surface area contributed by atoms with Gasteiger partial charge in [0.25, 0.3) is 5.69 Å². The number of furan rings is 1. The van der Waals surface area contributed by atoms with Gasteiger partial charge in [-0.1, -0.05) is 31.3 Å². The normalized spacial score (nSPS) is 11.7. The monoisotopic (exact) mass is 472 g/mol. The fraction of sp³-hybridized carbons (Fsp3) is 0.222. The fourth-order valence-electron chi connectivity index (χ4n) is 4.06. The SMILES string of the molecule is CCCCCCC(=NO)C(=O)c1ccc2oc3ccc(C(=O)c4ccc([N+](=O)[O-])cc4)cc3c2c1. The van der Waals surface area contributed by atoms with Gasteiger partial charge in [0.2, 0.25) is 5.78 Å². The van der Waals surface area contributed by atoms with Crippen LogP contribution in [0, 0.1) is 10.1 Å². The number of fused-ring (bicyclic) bond motifs is 3. The van der Waals surface area contributed by atoms with Crippen LogP contribution in [-0.4, -0.2) is 27.4 Å². The molecule has 0 spiro atoms. The first-order valence-electron chi connectivity index (χ1n) is 11.4. The van der Waals surface area contributed by atoms with Gasteiger partial charge in [0, 0.05) is 39.6 Å². The van der Waals surface area contributed by atoms with E-state index in [4.69, 9.17) is 4.42 Å². The highest BCUT2D eigenvalue weighted by molar-refractivity contribution is 6.46. The number of hydrogen-bond acceptors (Lipinski definition) is 7. The summed E-state index contributed by atoms with van der Waals surface area (Å²) in [6.45, 7) is 2.10. The Morgan fingerprint density at radius 1 is 0.886 bits per heavy atom. The predicted molar refractivity (Wildman–Crippen MR) is 133 cm³/mol. The summed E-state index contributed by atoms with van der Waals surface area (Å²) in [5, 5.41) is 24.8. The Bertz CT molecular complexity index is 1450. The second-order valence-corrected chi connectivity index (χ2v) is 8.34. The molecule has 35 heavy (non-hydrogen) atoms. The summed E-state index contributed by atoms with van der Waals surface area (Å²) in [5.74, 6) is -0.636. The number of carbonyl (C=O) groups is 2. The molecule has 0 unspecified atom stereocenters. The molecule has 8 heteroatoms. The van der Waals surface area contributed by atoms with E-state index in [0.717, 1.165) is 25.7 Å². The minimum absolute atomic E-state index is 0.0915. The lowest BCUT2D eigenvalue weighted by atomic mass is 9.98. The molecule has 0 fully saturated rings. The number of hydrogen-bond donors (Lipinski definition) is 1. The van der Waals surface area contributed by atoms with Crippen molar-refractivity contribution in [2.24, 2.45) is 5.16 Å². The van der Waals surface area contributed by atoms with Gasteiger partial charge >= 0.3 is 0 Å². The van der Waals surface area contributed by atoms with Crippen molar-refractivity contribution in [3.63, 3.8) is 0 Å². The predicted octanol–water partition coefficient (Wildman–Crippen LogP) is 6.71. The molecule has 8 nitrogen and oxygen atoms in total. The first kappa shape index (κ1) is 23.8. The molecule has 0 aliphatic carbocycles. The molecular weight excluding hydrogens is 448 g/mol. The first-order valence-corrected chi connectivity index (χ1v) is 11.4. The molecule has 4 aromatic rings. The molecule has 0 bridgehead atoms. The van der Waals surface area contributed by atoms with Gasteiger partial charge in [-0.2, -0.15) is 0 Å². The van der Waals surface area contributed by atoms with Crippen LogP contribution in [0.3, 0.4) is 0 Å². The highest BCUT2D eigenvalue weighted by Gasteiger charge is 2.18. The Balaban J connectivity index is 1.65. The highest BCUT2D eigenvalue weighted by atomic mass is 16.6. The van der Waals surface area contributed by atoms with E-state index in [9.17, 15) is 24.9 Å². The zero-order valence-electron chi connectivity index (χ0n) is 19.2. The van der Waals surface area contributed by atoms with Gasteiger partial charge in [-0.25, -0.2) is 0 Å². The topological polar surface area (TPSA) is 123 Å². The van der Waals surface area contributed by atoms with E-state index < -0.39 is 4.92 Å². The molecule has 1 heterocycles. The maximum atomic E-state index is 13.0. The number of non-ortho nitro benzene ring substituents is 1. The van der Waals surface area contributed by atoms with Crippen molar-refractivity contribution in [1.82, 2.24) is 0 Å². The number of nitrogens with zero attached hydrogens (tertiary/aromatic N) is 2. The van der Waals surface area contributed by atoms with Gasteiger partial charge in [0.15, 0.2) is 5.78 Å². The molecule has 0 saturated carbocycles. The third kappa shape index (κ3) is 4.96. The summed E-state index contributed by atoms with van der Waals surface area (Å²) >= 11 is 0. The van der Waals surface area contributed by atoms with Crippen LogP contribution in [0.5, 0.6) is 0 Å². The zero-order chi connectivity index (χ0) is 24.9. The number of ketones is 2. The van der Waals surface area contributed by atoms with Crippen LogP contribution in [0.25, 0.3) is 21.9 Å². The molecule has 4 rings (SSSR count). The van der Waals surface area contributed by atoms with Crippen molar-refractivity contribution in [1.29, 1.82) is 0 Å². The largest absolute Gasteiger partial charge is 0.456 e. The van der Waals surface area contributed by atoms with E-state index in [1.807, 2.05) is 0 Å². The minimum atomic E-state index is -0.519. The molecule has 0 aliphatic rings. The Kier molecular flexibility index (Phi) is 7.01. The summed E-state index contributed by atoms with van der Waals surface area (Å²) in [4.78, 5) is 36.3. The lowest BCUT2D eigenvalue weighted by Crippen LogP contribution is -2.14. The molecule has 0 atom stereocenters. The smallest absolute Gasteiger partial charge is 0.269 e. The summed E-state index contributed by atoms with van der Waals surface area (Å²) in [5.41, 5.74) is 2.22. The lowest BCUT2D eigenvalue weighted by molar-refractivity contribution is -0.384. The zero-order valence-corrected chi connectivity index (χ0v) is 19.2. The lowest BCUT2D eigenvalue weighted by Gasteiger charge is -2.04. The number of Topliss-reactive ketones (excluding diaryl/α,β-unsaturated/α-hetero) is 1. The van der Waals surface area contributed by atoms with Crippen LogP contribution in [0.15, 0.2) is 70.2 Å². The molecule has 0 saturated heterocycles.